The largest absolute Gasteiger partial charge is 0.365 e. The summed E-state index contributed by atoms with van der Waals surface area (Å²) in [5.74, 6) is 0.786. The van der Waals surface area contributed by atoms with Crippen molar-refractivity contribution in [3.63, 3.8) is 0 Å². The van der Waals surface area contributed by atoms with E-state index in [4.69, 9.17) is 10.3 Å². The zero-order chi connectivity index (χ0) is 14.8. The minimum Gasteiger partial charge on any atom is -0.365 e. The number of anilines is 1. The number of nitrogens with two attached hydrogens (primary N) is 1. The van der Waals surface area contributed by atoms with Crippen molar-refractivity contribution in [1.82, 2.24) is 19.9 Å². The van der Waals surface area contributed by atoms with Crippen molar-refractivity contribution < 1.29 is 9.32 Å². The maximum Gasteiger partial charge on any atom is 0.254 e. The van der Waals surface area contributed by atoms with Gasteiger partial charge in [0.15, 0.2) is 5.82 Å². The van der Waals surface area contributed by atoms with Gasteiger partial charge in [0.05, 0.1) is 11.4 Å². The van der Waals surface area contributed by atoms with Crippen molar-refractivity contribution in [2.24, 2.45) is 12.8 Å². The third kappa shape index (κ3) is 2.77. The summed E-state index contributed by atoms with van der Waals surface area (Å²) in [5.41, 5.74) is 5.60. The van der Waals surface area contributed by atoms with Gasteiger partial charge in [0.1, 0.15) is 5.56 Å². The van der Waals surface area contributed by atoms with Crippen molar-refractivity contribution in [3.05, 3.63) is 35.2 Å². The van der Waals surface area contributed by atoms with Crippen LogP contribution in [0.5, 0.6) is 0 Å². The number of aryl methyl sites for hydroxylation is 1. The molecule has 0 unspecified atom stereocenters. The Kier molecular flexibility index (Phi) is 3.40. The molecule has 0 spiro atoms. The monoisotopic (exact) mass is 304 g/mol. The molecule has 3 heterocycles. The molecule has 0 aliphatic rings. The number of nitrogens with one attached hydrogen (secondary N) is 1. The molecule has 3 aromatic heterocycles. The Morgan fingerprint density at radius 1 is 1.57 bits per heavy atom. The van der Waals surface area contributed by atoms with Crippen LogP contribution in [0.2, 0.25) is 0 Å². The van der Waals surface area contributed by atoms with Crippen molar-refractivity contribution in [1.29, 1.82) is 0 Å². The average Bonchev–Trinajstić information content (AvgIpc) is 3.16. The van der Waals surface area contributed by atoms with Gasteiger partial charge >= 0.3 is 0 Å². The molecule has 0 aliphatic heterocycles. The summed E-state index contributed by atoms with van der Waals surface area (Å²) in [7, 11) is 1.71. The van der Waals surface area contributed by atoms with E-state index in [-0.39, 0.29) is 6.54 Å². The standard InChI is InChI=1S/C12H12N6O2S/c1-18-6-7(10(13)19)11(16-18)14-5-9-15-12(17-20-9)8-3-2-4-21-8/h2-4,6H,5H2,1H3,(H2,13,19)(H,14,16). The van der Waals surface area contributed by atoms with Crippen molar-refractivity contribution in [3.8, 4) is 10.7 Å². The Labute approximate surface area is 123 Å². The van der Waals surface area contributed by atoms with Crippen molar-refractivity contribution in [2.75, 3.05) is 5.32 Å². The Hall–Kier alpha value is -2.68. The number of hydrogen-bond donors (Lipinski definition) is 2. The number of carbonyl (C=O) groups is 1. The first-order valence-electron chi connectivity index (χ1n) is 6.07. The summed E-state index contributed by atoms with van der Waals surface area (Å²) in [6.45, 7) is 0.260. The Morgan fingerprint density at radius 3 is 3.14 bits per heavy atom. The lowest BCUT2D eigenvalue weighted by Gasteiger charge is -2.00. The van der Waals surface area contributed by atoms with E-state index in [1.807, 2.05) is 17.5 Å². The van der Waals surface area contributed by atoms with Crippen LogP contribution >= 0.6 is 11.3 Å². The smallest absolute Gasteiger partial charge is 0.254 e. The molecule has 0 bridgehead atoms. The molecule has 3 aromatic rings. The van der Waals surface area contributed by atoms with Gasteiger partial charge in [-0.25, -0.2) is 0 Å². The van der Waals surface area contributed by atoms with E-state index in [1.165, 1.54) is 16.0 Å². The van der Waals surface area contributed by atoms with E-state index in [9.17, 15) is 4.79 Å². The molecular weight excluding hydrogens is 292 g/mol. The van der Waals surface area contributed by atoms with Crippen LogP contribution in [0.15, 0.2) is 28.2 Å². The average molecular weight is 304 g/mol. The van der Waals surface area contributed by atoms with Gasteiger partial charge in [-0.2, -0.15) is 10.1 Å². The van der Waals surface area contributed by atoms with E-state index in [2.05, 4.69) is 20.6 Å². The highest BCUT2D eigenvalue weighted by molar-refractivity contribution is 7.13. The molecule has 108 valence electrons. The number of nitrogens with zero attached hydrogens (tertiary/aromatic N) is 4. The summed E-state index contributed by atoms with van der Waals surface area (Å²) in [4.78, 5) is 16.5. The van der Waals surface area contributed by atoms with Crippen molar-refractivity contribution >= 4 is 23.1 Å². The molecule has 21 heavy (non-hydrogen) atoms. The molecule has 0 saturated heterocycles. The first kappa shape index (κ1) is 13.3. The molecule has 0 radical (unpaired) electrons. The second kappa shape index (κ2) is 5.37. The number of amides is 1. The summed E-state index contributed by atoms with van der Waals surface area (Å²) < 4.78 is 6.66. The molecule has 0 aliphatic carbocycles. The molecule has 3 rings (SSSR count). The first-order valence-corrected chi connectivity index (χ1v) is 6.95. The Balaban J connectivity index is 1.72. The van der Waals surface area contributed by atoms with Crippen LogP contribution in [-0.4, -0.2) is 25.8 Å². The van der Waals surface area contributed by atoms with E-state index >= 15 is 0 Å². The number of aromatic nitrogens is 4. The fraction of sp³-hybridized carbons (Fsp3) is 0.167. The lowest BCUT2D eigenvalue weighted by molar-refractivity contribution is 0.100. The highest BCUT2D eigenvalue weighted by Gasteiger charge is 2.14. The van der Waals surface area contributed by atoms with Crippen LogP contribution in [0.1, 0.15) is 16.2 Å². The number of thiophene rings is 1. The van der Waals surface area contributed by atoms with E-state index in [0.29, 0.717) is 23.1 Å². The van der Waals surface area contributed by atoms with Crippen LogP contribution in [-0.2, 0) is 13.6 Å². The van der Waals surface area contributed by atoms with Gasteiger partial charge in [-0.1, -0.05) is 11.2 Å². The van der Waals surface area contributed by atoms with Crippen molar-refractivity contribution in [2.45, 2.75) is 6.54 Å². The molecule has 9 heteroatoms. The third-order valence-electron chi connectivity index (χ3n) is 2.71. The zero-order valence-electron chi connectivity index (χ0n) is 11.1. The van der Waals surface area contributed by atoms with Gasteiger partial charge in [0, 0.05) is 13.2 Å². The zero-order valence-corrected chi connectivity index (χ0v) is 11.9. The predicted molar refractivity (Wildman–Crippen MR) is 76.7 cm³/mol. The number of hydrogen-bond acceptors (Lipinski definition) is 7. The van der Waals surface area contributed by atoms with E-state index in [1.54, 1.807) is 13.2 Å². The predicted octanol–water partition coefficient (Wildman–Crippen LogP) is 1.24. The molecule has 3 N–H and O–H groups in total. The summed E-state index contributed by atoms with van der Waals surface area (Å²) >= 11 is 1.53. The lowest BCUT2D eigenvalue weighted by atomic mass is 10.3. The Morgan fingerprint density at radius 2 is 2.43 bits per heavy atom. The minimum absolute atomic E-state index is 0.260. The third-order valence-corrected chi connectivity index (χ3v) is 3.58. The summed E-state index contributed by atoms with van der Waals surface area (Å²) in [5, 5.41) is 12.9. The van der Waals surface area contributed by atoms with Crippen LogP contribution in [0, 0.1) is 0 Å². The first-order chi connectivity index (χ1) is 10.1. The van der Waals surface area contributed by atoms with Gasteiger partial charge in [-0.15, -0.1) is 11.3 Å². The normalized spacial score (nSPS) is 10.7. The van der Waals surface area contributed by atoms with E-state index in [0.717, 1.165) is 4.88 Å². The molecule has 0 saturated carbocycles. The Bertz CT molecular complexity index is 761. The number of carbonyl (C=O) groups excluding carboxylic acids is 1. The molecule has 0 aromatic carbocycles. The maximum absolute atomic E-state index is 11.3. The molecule has 0 fully saturated rings. The van der Waals surface area contributed by atoms with E-state index < -0.39 is 5.91 Å². The topological polar surface area (TPSA) is 112 Å². The number of primary amides is 1. The van der Waals surface area contributed by atoms with Crippen LogP contribution in [0.4, 0.5) is 5.82 Å². The highest BCUT2D eigenvalue weighted by Crippen LogP contribution is 2.21. The molecule has 0 atom stereocenters. The van der Waals surface area contributed by atoms with Gasteiger partial charge < -0.3 is 15.6 Å². The van der Waals surface area contributed by atoms with Crippen LogP contribution in [0.25, 0.3) is 10.7 Å². The van der Waals surface area contributed by atoms with Crippen LogP contribution < -0.4 is 11.1 Å². The van der Waals surface area contributed by atoms with Crippen LogP contribution in [0.3, 0.4) is 0 Å². The molecule has 1 amide bonds. The van der Waals surface area contributed by atoms with Gasteiger partial charge in [-0.05, 0) is 11.4 Å². The quantitative estimate of drug-likeness (QED) is 0.733. The number of rotatable bonds is 5. The highest BCUT2D eigenvalue weighted by atomic mass is 32.1. The second-order valence-electron chi connectivity index (χ2n) is 4.27. The SMILES string of the molecule is Cn1cc(C(N)=O)c(NCc2nc(-c3cccs3)no2)n1. The fourth-order valence-electron chi connectivity index (χ4n) is 1.79. The van der Waals surface area contributed by atoms with Gasteiger partial charge in [0.25, 0.3) is 5.91 Å². The maximum atomic E-state index is 11.3. The minimum atomic E-state index is -0.546. The van der Waals surface area contributed by atoms with Gasteiger partial charge in [-0.3, -0.25) is 9.48 Å². The summed E-state index contributed by atoms with van der Waals surface area (Å²) in [6.07, 6.45) is 1.55. The molecule has 8 nitrogen and oxygen atoms in total. The van der Waals surface area contributed by atoms with Gasteiger partial charge in [0.2, 0.25) is 11.7 Å². The second-order valence-corrected chi connectivity index (χ2v) is 5.22. The summed E-state index contributed by atoms with van der Waals surface area (Å²) in [6, 6.07) is 3.83. The fourth-order valence-corrected chi connectivity index (χ4v) is 2.44. The molecular formula is C12H12N6O2S. The lowest BCUT2D eigenvalue weighted by Crippen LogP contribution is -2.13.